The average molecular weight is 600 g/mol. The number of sulfonamides is 1. The Bertz CT molecular complexity index is 1590. The lowest BCUT2D eigenvalue weighted by atomic mass is 10.2. The van der Waals surface area contributed by atoms with Crippen LogP contribution in [0.3, 0.4) is 0 Å². The van der Waals surface area contributed by atoms with Gasteiger partial charge in [-0.2, -0.15) is 0 Å². The maximum absolute atomic E-state index is 13.9. The molecule has 0 saturated heterocycles. The first kappa shape index (κ1) is 30.8. The highest BCUT2D eigenvalue weighted by atomic mass is 32.2. The molecule has 14 nitrogen and oxygen atoms in total. The van der Waals surface area contributed by atoms with Crippen LogP contribution < -0.4 is 14.2 Å². The molecule has 3 N–H and O–H groups in total. The number of aromatic nitrogens is 6. The summed E-state index contributed by atoms with van der Waals surface area (Å²) >= 11 is 0. The van der Waals surface area contributed by atoms with Crippen LogP contribution in [0.4, 0.5) is 5.95 Å². The summed E-state index contributed by atoms with van der Waals surface area (Å²) in [6.07, 6.45) is 3.89. The zero-order valence-electron chi connectivity index (χ0n) is 23.8. The number of nitrogens with one attached hydrogen (secondary N) is 1. The molecule has 1 aromatic carbocycles. The van der Waals surface area contributed by atoms with Crippen LogP contribution in [0, 0.1) is 13.8 Å². The Morgan fingerprint density at radius 1 is 1.00 bits per heavy atom. The van der Waals surface area contributed by atoms with Crippen LogP contribution in [0.15, 0.2) is 49.1 Å². The molecule has 3 atom stereocenters. The number of methoxy groups -OCH3 is 2. The minimum Gasteiger partial charge on any atom is -0.494 e. The monoisotopic (exact) mass is 599 g/mol. The number of aryl methyl sites for hydroxylation is 2. The second kappa shape index (κ2) is 13.2. The number of para-hydroxylation sites is 1. The van der Waals surface area contributed by atoms with Crippen LogP contribution in [-0.4, -0.2) is 87.1 Å². The lowest BCUT2D eigenvalue weighted by molar-refractivity contribution is -0.0324. The Morgan fingerprint density at radius 3 is 2.26 bits per heavy atom. The van der Waals surface area contributed by atoms with Gasteiger partial charge in [0.1, 0.15) is 34.6 Å². The molecule has 4 aromatic rings. The van der Waals surface area contributed by atoms with E-state index in [1.165, 1.54) is 38.1 Å². The lowest BCUT2D eigenvalue weighted by Gasteiger charge is -2.25. The second-order valence-corrected chi connectivity index (χ2v) is 11.5. The summed E-state index contributed by atoms with van der Waals surface area (Å²) in [4.78, 5) is 12.7. The Balaban J connectivity index is 1.82. The topological polar surface area (TPSA) is 184 Å². The summed E-state index contributed by atoms with van der Waals surface area (Å²) in [6, 6.07) is 6.96. The highest BCUT2D eigenvalue weighted by Crippen LogP contribution is 2.38. The van der Waals surface area contributed by atoms with Gasteiger partial charge < -0.3 is 24.4 Å². The molecule has 1 unspecified atom stereocenters. The van der Waals surface area contributed by atoms with Crippen LogP contribution in [-0.2, 0) is 14.8 Å². The van der Waals surface area contributed by atoms with Crippen LogP contribution in [0.5, 0.6) is 11.5 Å². The molecule has 42 heavy (non-hydrogen) atoms. The SMILES string of the molecule is COc1cccc(OC)c1-n1c(NS(=O)(=O)[C@@H](C)[C@@H](OCC(O)CO)c2ncc(C)cn2)nnc1-c1cncc(C)c1. The van der Waals surface area contributed by atoms with Crippen LogP contribution in [0.1, 0.15) is 30.0 Å². The number of aliphatic hydroxyl groups excluding tert-OH is 2. The summed E-state index contributed by atoms with van der Waals surface area (Å²) in [7, 11) is -1.33. The molecular weight excluding hydrogens is 566 g/mol. The fraction of sp³-hybridized carbons (Fsp3) is 0.370. The zero-order valence-corrected chi connectivity index (χ0v) is 24.6. The molecular formula is C27H33N7O7S. The summed E-state index contributed by atoms with van der Waals surface area (Å²) in [5.74, 6) is 0.955. The standard InChI is InChI=1S/C27H33N7O7S/c1-16-9-19(13-28-10-16)26-31-32-27(34(26)23-21(39-4)7-6-8-22(23)40-5)33-42(37,38)18(3)24(41-15-20(36)14-35)25-29-11-17(2)12-30-25/h6-13,18,20,24,35-36H,14-15H2,1-5H3,(H,32,33)/t18-,20?,24+/m0/s1. The Morgan fingerprint density at radius 2 is 1.67 bits per heavy atom. The average Bonchev–Trinajstić information content (AvgIpc) is 3.39. The maximum Gasteiger partial charge on any atom is 0.243 e. The normalized spacial score (nSPS) is 13.8. The van der Waals surface area contributed by atoms with Gasteiger partial charge in [-0.05, 0) is 50.1 Å². The van der Waals surface area contributed by atoms with Gasteiger partial charge in [0.05, 0.1) is 27.4 Å². The number of anilines is 1. The predicted octanol–water partition coefficient (Wildman–Crippen LogP) is 1.99. The molecule has 15 heteroatoms. The molecule has 0 radical (unpaired) electrons. The predicted molar refractivity (Wildman–Crippen MR) is 153 cm³/mol. The minimum atomic E-state index is -4.29. The van der Waals surface area contributed by atoms with Gasteiger partial charge in [0.2, 0.25) is 16.0 Å². The van der Waals surface area contributed by atoms with Gasteiger partial charge >= 0.3 is 0 Å². The van der Waals surface area contributed by atoms with Crippen LogP contribution in [0.25, 0.3) is 17.1 Å². The van der Waals surface area contributed by atoms with Gasteiger partial charge in [-0.15, -0.1) is 10.2 Å². The largest absolute Gasteiger partial charge is 0.494 e. The molecule has 0 aliphatic carbocycles. The molecule has 0 aliphatic rings. The van der Waals surface area contributed by atoms with E-state index < -0.39 is 34.1 Å². The summed E-state index contributed by atoms with van der Waals surface area (Å²) < 4.78 is 48.7. The third-order valence-corrected chi connectivity index (χ3v) is 8.00. The summed E-state index contributed by atoms with van der Waals surface area (Å²) in [5.41, 5.74) is 2.54. The fourth-order valence-corrected chi connectivity index (χ4v) is 5.20. The number of nitrogens with zero attached hydrogens (tertiary/aromatic N) is 6. The van der Waals surface area contributed by atoms with Crippen molar-refractivity contribution in [1.29, 1.82) is 0 Å². The zero-order chi connectivity index (χ0) is 30.4. The molecule has 0 amide bonds. The van der Waals surface area contributed by atoms with Crippen molar-refractivity contribution in [2.75, 3.05) is 32.2 Å². The lowest BCUT2D eigenvalue weighted by Crippen LogP contribution is -2.35. The highest BCUT2D eigenvalue weighted by molar-refractivity contribution is 7.93. The molecule has 0 bridgehead atoms. The quantitative estimate of drug-likeness (QED) is 0.203. The number of rotatable bonds is 13. The Hall–Kier alpha value is -4.18. The van der Waals surface area contributed by atoms with Crippen molar-refractivity contribution in [3.63, 3.8) is 0 Å². The number of pyridine rings is 1. The molecule has 3 heterocycles. The number of ether oxygens (including phenoxy) is 3. The highest BCUT2D eigenvalue weighted by Gasteiger charge is 2.36. The molecule has 224 valence electrons. The Labute approximate surface area is 243 Å². The van der Waals surface area contributed by atoms with Crippen molar-refractivity contribution in [3.05, 3.63) is 66.0 Å². The van der Waals surface area contributed by atoms with E-state index >= 15 is 0 Å². The first-order chi connectivity index (χ1) is 20.1. The maximum atomic E-state index is 13.9. The molecule has 0 spiro atoms. The van der Waals surface area contributed by atoms with E-state index in [4.69, 9.17) is 14.2 Å². The summed E-state index contributed by atoms with van der Waals surface area (Å²) in [6.45, 7) is 4.15. The molecule has 3 aromatic heterocycles. The first-order valence-electron chi connectivity index (χ1n) is 12.9. The van der Waals surface area contributed by atoms with Crippen molar-refractivity contribution in [2.24, 2.45) is 0 Å². The molecule has 0 aliphatic heterocycles. The molecule has 0 fully saturated rings. The fourth-order valence-electron chi connectivity index (χ4n) is 4.10. The smallest absolute Gasteiger partial charge is 0.243 e. The van der Waals surface area contributed by atoms with Crippen LogP contribution >= 0.6 is 0 Å². The van der Waals surface area contributed by atoms with Gasteiger partial charge in [-0.3, -0.25) is 14.3 Å². The molecule has 4 rings (SSSR count). The van der Waals surface area contributed by atoms with Crippen molar-refractivity contribution in [1.82, 2.24) is 29.7 Å². The van der Waals surface area contributed by atoms with Gasteiger partial charge in [-0.1, -0.05) is 6.07 Å². The van der Waals surface area contributed by atoms with Gasteiger partial charge in [0.25, 0.3) is 0 Å². The van der Waals surface area contributed by atoms with Crippen molar-refractivity contribution in [3.8, 4) is 28.6 Å². The number of benzene rings is 1. The second-order valence-electron chi connectivity index (χ2n) is 9.51. The number of hydrogen-bond donors (Lipinski definition) is 3. The van der Waals surface area contributed by atoms with E-state index in [-0.39, 0.29) is 24.2 Å². The summed E-state index contributed by atoms with van der Waals surface area (Å²) in [5, 5.41) is 26.3. The molecule has 0 saturated carbocycles. The van der Waals surface area contributed by atoms with E-state index in [9.17, 15) is 18.6 Å². The van der Waals surface area contributed by atoms with Gasteiger partial charge in [0, 0.05) is 30.4 Å². The van der Waals surface area contributed by atoms with Crippen LogP contribution in [0.2, 0.25) is 0 Å². The van der Waals surface area contributed by atoms with E-state index in [1.807, 2.05) is 13.0 Å². The van der Waals surface area contributed by atoms with E-state index in [0.717, 1.165) is 11.1 Å². The van der Waals surface area contributed by atoms with Gasteiger partial charge in [0.15, 0.2) is 11.6 Å². The van der Waals surface area contributed by atoms with Crippen molar-refractivity contribution < 1.29 is 32.8 Å². The van der Waals surface area contributed by atoms with E-state index in [2.05, 4.69) is 29.9 Å². The van der Waals surface area contributed by atoms with E-state index in [1.54, 1.807) is 37.5 Å². The van der Waals surface area contributed by atoms with E-state index in [0.29, 0.717) is 22.7 Å². The Kier molecular flexibility index (Phi) is 9.67. The number of hydrogen-bond acceptors (Lipinski definition) is 12. The minimum absolute atomic E-state index is 0.0861. The third-order valence-electron chi connectivity index (χ3n) is 6.31. The van der Waals surface area contributed by atoms with Gasteiger partial charge in [-0.25, -0.2) is 18.4 Å². The number of aliphatic hydroxyl groups is 2. The first-order valence-corrected chi connectivity index (χ1v) is 14.4. The third kappa shape index (κ3) is 6.65. The van der Waals surface area contributed by atoms with Crippen molar-refractivity contribution >= 4 is 16.0 Å². The van der Waals surface area contributed by atoms with Crippen molar-refractivity contribution in [2.45, 2.75) is 38.2 Å².